The van der Waals surface area contributed by atoms with Gasteiger partial charge in [-0.3, -0.25) is 4.79 Å². The van der Waals surface area contributed by atoms with Gasteiger partial charge >= 0.3 is 5.97 Å². The molecule has 1 aromatic rings. The van der Waals surface area contributed by atoms with Gasteiger partial charge in [-0.05, 0) is 11.4 Å². The third kappa shape index (κ3) is 5.55. The van der Waals surface area contributed by atoms with Gasteiger partial charge in [-0.15, -0.1) is 23.7 Å². The summed E-state index contributed by atoms with van der Waals surface area (Å²) in [5.41, 5.74) is 0. The highest BCUT2D eigenvalue weighted by molar-refractivity contribution is 7.91. The number of thiophene rings is 1. The molecule has 0 aliphatic rings. The molecule has 0 aromatic carbocycles. The van der Waals surface area contributed by atoms with Crippen molar-refractivity contribution in [1.82, 2.24) is 10.0 Å². The molecule has 1 rings (SSSR count). The number of hydrogen-bond donors (Lipinski definition) is 3. The molecule has 1 heterocycles. The highest BCUT2D eigenvalue weighted by atomic mass is 32.2. The van der Waals surface area contributed by atoms with Gasteiger partial charge in [0.05, 0.1) is 0 Å². The fourth-order valence-corrected chi connectivity index (χ4v) is 3.44. The van der Waals surface area contributed by atoms with E-state index in [1.807, 2.05) is 0 Å². The zero-order chi connectivity index (χ0) is 15.9. The Labute approximate surface area is 126 Å². The van der Waals surface area contributed by atoms with E-state index in [2.05, 4.69) is 16.0 Å². The Morgan fingerprint density at radius 1 is 1.48 bits per heavy atom. The van der Waals surface area contributed by atoms with Gasteiger partial charge in [0, 0.05) is 19.4 Å². The Kier molecular flexibility index (Phi) is 6.36. The number of amides is 1. The predicted octanol–water partition coefficient (Wildman–Crippen LogP) is 0.00920. The van der Waals surface area contributed by atoms with Crippen LogP contribution in [0.25, 0.3) is 0 Å². The summed E-state index contributed by atoms with van der Waals surface area (Å²) < 4.78 is 25.9. The summed E-state index contributed by atoms with van der Waals surface area (Å²) in [5, 5.41) is 12.7. The highest BCUT2D eigenvalue weighted by Gasteiger charge is 2.19. The molecule has 0 radical (unpaired) electrons. The first-order valence-corrected chi connectivity index (χ1v) is 8.22. The fourth-order valence-electron chi connectivity index (χ4n) is 1.37. The molecule has 1 unspecified atom stereocenters. The molecule has 1 amide bonds. The van der Waals surface area contributed by atoms with Crippen LogP contribution in [0.1, 0.15) is 12.8 Å². The molecule has 7 nitrogen and oxygen atoms in total. The summed E-state index contributed by atoms with van der Waals surface area (Å²) in [5.74, 6) is 0.321. The number of aliphatic carboxylic acids is 1. The maximum Gasteiger partial charge on any atom is 0.327 e. The Morgan fingerprint density at radius 3 is 2.71 bits per heavy atom. The molecule has 0 aliphatic carbocycles. The van der Waals surface area contributed by atoms with Crippen LogP contribution in [0.3, 0.4) is 0 Å². The first-order valence-electron chi connectivity index (χ1n) is 5.85. The van der Waals surface area contributed by atoms with Gasteiger partial charge in [0.15, 0.2) is 0 Å². The van der Waals surface area contributed by atoms with Crippen LogP contribution in [0, 0.1) is 12.3 Å². The van der Waals surface area contributed by atoms with Crippen LogP contribution in [0.5, 0.6) is 0 Å². The lowest BCUT2D eigenvalue weighted by atomic mass is 10.2. The average Bonchev–Trinajstić information content (AvgIpc) is 2.92. The van der Waals surface area contributed by atoms with E-state index < -0.39 is 27.9 Å². The summed E-state index contributed by atoms with van der Waals surface area (Å²) in [6, 6.07) is 1.88. The van der Waals surface area contributed by atoms with Crippen LogP contribution in [-0.2, 0) is 19.6 Å². The number of rotatable bonds is 8. The zero-order valence-electron chi connectivity index (χ0n) is 10.9. The van der Waals surface area contributed by atoms with Crippen LogP contribution >= 0.6 is 11.3 Å². The maximum absolute atomic E-state index is 11.8. The lowest BCUT2D eigenvalue weighted by molar-refractivity contribution is -0.141. The molecular weight excluding hydrogens is 316 g/mol. The van der Waals surface area contributed by atoms with Gasteiger partial charge in [-0.2, -0.15) is 0 Å². The van der Waals surface area contributed by atoms with Crippen molar-refractivity contribution < 1.29 is 23.1 Å². The van der Waals surface area contributed by atoms with Crippen molar-refractivity contribution in [2.75, 3.05) is 6.54 Å². The van der Waals surface area contributed by atoms with Crippen molar-refractivity contribution in [2.45, 2.75) is 23.1 Å². The van der Waals surface area contributed by atoms with E-state index in [9.17, 15) is 18.0 Å². The second kappa shape index (κ2) is 7.78. The van der Waals surface area contributed by atoms with Crippen molar-refractivity contribution in [2.24, 2.45) is 0 Å². The normalized spacial score (nSPS) is 12.3. The van der Waals surface area contributed by atoms with Crippen molar-refractivity contribution in [1.29, 1.82) is 0 Å². The van der Waals surface area contributed by atoms with Crippen molar-refractivity contribution in [3.63, 3.8) is 0 Å². The number of hydrogen-bond acceptors (Lipinski definition) is 5. The van der Waals surface area contributed by atoms with Gasteiger partial charge in [0.1, 0.15) is 10.3 Å². The van der Waals surface area contributed by atoms with Gasteiger partial charge in [-0.1, -0.05) is 6.07 Å². The van der Waals surface area contributed by atoms with E-state index in [0.29, 0.717) is 0 Å². The molecule has 1 aromatic heterocycles. The largest absolute Gasteiger partial charge is 0.480 e. The van der Waals surface area contributed by atoms with Crippen LogP contribution in [0.2, 0.25) is 0 Å². The minimum absolute atomic E-state index is 0.130. The smallest absolute Gasteiger partial charge is 0.327 e. The second-order valence-corrected chi connectivity index (χ2v) is 6.89. The fraction of sp³-hybridized carbons (Fsp3) is 0.333. The Hall–Kier alpha value is -1.89. The summed E-state index contributed by atoms with van der Waals surface area (Å²) in [4.78, 5) is 22.3. The number of carbonyl (C=O) groups is 2. The summed E-state index contributed by atoms with van der Waals surface area (Å²) >= 11 is 1.06. The Morgan fingerprint density at radius 2 is 2.19 bits per heavy atom. The molecule has 21 heavy (non-hydrogen) atoms. The minimum atomic E-state index is -3.63. The standard InChI is InChI=1S/C12H14N2O5S2/c1-2-4-9(12(16)17)14-10(15)6-7-13-21(18,19)11-5-3-8-20-11/h1,3,5,8-9,13H,4,6-7H2,(H,14,15)(H,16,17). The van der Waals surface area contributed by atoms with E-state index in [0.717, 1.165) is 11.3 Å². The van der Waals surface area contributed by atoms with Crippen LogP contribution in [0.15, 0.2) is 21.7 Å². The first-order chi connectivity index (χ1) is 9.86. The quantitative estimate of drug-likeness (QED) is 0.581. The van der Waals surface area contributed by atoms with Crippen LogP contribution in [-0.4, -0.2) is 38.0 Å². The molecule has 1 atom stereocenters. The maximum atomic E-state index is 11.8. The topological polar surface area (TPSA) is 113 Å². The van der Waals surface area contributed by atoms with Gasteiger partial charge in [0.25, 0.3) is 0 Å². The van der Waals surface area contributed by atoms with E-state index >= 15 is 0 Å². The van der Waals surface area contributed by atoms with Gasteiger partial charge in [0.2, 0.25) is 15.9 Å². The lowest BCUT2D eigenvalue weighted by Gasteiger charge is -2.11. The molecule has 0 fully saturated rings. The highest BCUT2D eigenvalue weighted by Crippen LogP contribution is 2.14. The molecule has 0 aliphatic heterocycles. The van der Waals surface area contributed by atoms with E-state index in [1.165, 1.54) is 6.07 Å². The van der Waals surface area contributed by atoms with Gasteiger partial charge in [-0.25, -0.2) is 17.9 Å². The SMILES string of the molecule is C#CCC(NC(=O)CCNS(=O)(=O)c1cccs1)C(=O)O. The Bertz CT molecular complexity index is 631. The van der Waals surface area contributed by atoms with Crippen molar-refractivity contribution in [3.05, 3.63) is 17.5 Å². The second-order valence-electron chi connectivity index (χ2n) is 3.95. The van der Waals surface area contributed by atoms with Crippen LogP contribution < -0.4 is 10.0 Å². The van der Waals surface area contributed by atoms with Crippen molar-refractivity contribution >= 4 is 33.2 Å². The number of carboxylic acids is 1. The Balaban J connectivity index is 2.44. The lowest BCUT2D eigenvalue weighted by Crippen LogP contribution is -2.41. The number of terminal acetylenes is 1. The third-order valence-corrected chi connectivity index (χ3v) is 5.22. The zero-order valence-corrected chi connectivity index (χ0v) is 12.5. The summed E-state index contributed by atoms with van der Waals surface area (Å²) in [7, 11) is -3.63. The molecule has 114 valence electrons. The average molecular weight is 330 g/mol. The summed E-state index contributed by atoms with van der Waals surface area (Å²) in [6.45, 7) is -0.130. The first kappa shape index (κ1) is 17.2. The predicted molar refractivity (Wildman–Crippen MR) is 77.1 cm³/mol. The van der Waals surface area contributed by atoms with E-state index in [1.54, 1.807) is 11.4 Å². The molecule has 0 saturated heterocycles. The number of carbonyl (C=O) groups excluding carboxylic acids is 1. The number of nitrogens with one attached hydrogen (secondary N) is 2. The molecule has 0 spiro atoms. The molecular formula is C12H14N2O5S2. The number of carboxylic acid groups (broad SMARTS) is 1. The molecule has 9 heteroatoms. The van der Waals surface area contributed by atoms with E-state index in [-0.39, 0.29) is 23.6 Å². The minimum Gasteiger partial charge on any atom is -0.480 e. The number of sulfonamides is 1. The third-order valence-electron chi connectivity index (χ3n) is 2.36. The van der Waals surface area contributed by atoms with Crippen molar-refractivity contribution in [3.8, 4) is 12.3 Å². The van der Waals surface area contributed by atoms with Crippen LogP contribution in [0.4, 0.5) is 0 Å². The van der Waals surface area contributed by atoms with Gasteiger partial charge < -0.3 is 10.4 Å². The van der Waals surface area contributed by atoms with E-state index in [4.69, 9.17) is 11.5 Å². The monoisotopic (exact) mass is 330 g/mol. The molecule has 3 N–H and O–H groups in total. The molecule has 0 saturated carbocycles. The summed E-state index contributed by atoms with van der Waals surface area (Å²) in [6.07, 6.45) is 4.68. The molecule has 0 bridgehead atoms.